The number of piperidine rings is 1. The number of hydrogen-bond donors (Lipinski definition) is 2. The van der Waals surface area contributed by atoms with Crippen LogP contribution in [0, 0.1) is 5.92 Å². The number of nitrogens with one attached hydrogen (secondary N) is 2. The van der Waals surface area contributed by atoms with Crippen LogP contribution < -0.4 is 10.6 Å². The van der Waals surface area contributed by atoms with Gasteiger partial charge in [-0.3, -0.25) is 0 Å². The Morgan fingerprint density at radius 1 is 1.25 bits per heavy atom. The number of alkyl halides is 5. The molecule has 0 aromatic heterocycles. The highest BCUT2D eigenvalue weighted by Gasteiger charge is 2.50. The van der Waals surface area contributed by atoms with Crippen molar-refractivity contribution in [3.8, 4) is 0 Å². The minimum absolute atomic E-state index is 0.0694. The van der Waals surface area contributed by atoms with Crippen LogP contribution in [-0.4, -0.2) is 63.3 Å². The Hall–Kier alpha value is -1.17. The average molecular weight is 380 g/mol. The van der Waals surface area contributed by atoms with Crippen molar-refractivity contribution >= 4 is 16.0 Å². The predicted octanol–water partition coefficient (Wildman–Crippen LogP) is 1.37. The van der Waals surface area contributed by atoms with Crippen molar-refractivity contribution in [3.63, 3.8) is 0 Å². The molecule has 24 heavy (non-hydrogen) atoms. The smallest absolute Gasteiger partial charge is 0.357 e. The van der Waals surface area contributed by atoms with Crippen molar-refractivity contribution < 1.29 is 30.4 Å². The molecule has 0 radical (unpaired) electrons. The van der Waals surface area contributed by atoms with Gasteiger partial charge in [-0.15, -0.1) is 0 Å². The fourth-order valence-electron chi connectivity index (χ4n) is 2.24. The van der Waals surface area contributed by atoms with Gasteiger partial charge >= 0.3 is 15.5 Å². The molecule has 0 aromatic rings. The number of nitrogens with zero attached hydrogens (tertiary/aromatic N) is 2. The van der Waals surface area contributed by atoms with Crippen LogP contribution in [0.2, 0.25) is 0 Å². The Balaban J connectivity index is 2.50. The third kappa shape index (κ3) is 6.04. The van der Waals surface area contributed by atoms with Gasteiger partial charge in [-0.25, -0.2) is 22.2 Å². The van der Waals surface area contributed by atoms with E-state index in [0.717, 1.165) is 0 Å². The predicted molar refractivity (Wildman–Crippen MR) is 79.3 cm³/mol. The molecule has 1 saturated heterocycles. The quantitative estimate of drug-likeness (QED) is 0.415. The van der Waals surface area contributed by atoms with Gasteiger partial charge in [0.2, 0.25) is 0 Å². The van der Waals surface area contributed by atoms with Crippen molar-refractivity contribution in [1.29, 1.82) is 0 Å². The maximum atomic E-state index is 12.5. The molecule has 0 aliphatic carbocycles. The number of halogens is 5. The van der Waals surface area contributed by atoms with E-state index in [9.17, 15) is 30.4 Å². The van der Waals surface area contributed by atoms with Gasteiger partial charge in [-0.1, -0.05) is 0 Å². The molecule has 0 unspecified atom stereocenters. The molecule has 0 spiro atoms. The summed E-state index contributed by atoms with van der Waals surface area (Å²) in [5.74, 6) is 0.128. The fourth-order valence-corrected chi connectivity index (χ4v) is 3.23. The van der Waals surface area contributed by atoms with Crippen LogP contribution in [0.4, 0.5) is 22.0 Å². The lowest BCUT2D eigenvalue weighted by Gasteiger charge is -2.31. The Kier molecular flexibility index (Phi) is 7.64. The van der Waals surface area contributed by atoms with E-state index < -0.39 is 28.5 Å². The summed E-state index contributed by atoms with van der Waals surface area (Å²) in [6.07, 6.45) is -2.08. The molecule has 0 saturated carbocycles. The standard InChI is InChI=1S/C12H21F5N4O2S/c1-2-18-11(20-8-10(13)14)19-7-9-3-5-21(6-4-9)24(22,23)12(15,16)17/h9-10H,2-8H2,1H3,(H2,18,19,20). The SMILES string of the molecule is CCNC(=NCC(F)F)NCC1CCN(S(=O)(=O)C(F)(F)F)CC1. The van der Waals surface area contributed by atoms with Gasteiger partial charge in [0.05, 0.1) is 0 Å². The monoisotopic (exact) mass is 380 g/mol. The van der Waals surface area contributed by atoms with Gasteiger partial charge in [0.25, 0.3) is 6.43 Å². The van der Waals surface area contributed by atoms with Gasteiger partial charge in [0, 0.05) is 26.2 Å². The molecule has 1 rings (SSSR count). The summed E-state index contributed by atoms with van der Waals surface area (Å²) >= 11 is 0. The maximum absolute atomic E-state index is 12.5. The minimum Gasteiger partial charge on any atom is -0.357 e. The topological polar surface area (TPSA) is 73.8 Å². The van der Waals surface area contributed by atoms with Crippen LogP contribution in [0.15, 0.2) is 4.99 Å². The van der Waals surface area contributed by atoms with Gasteiger partial charge in [0.15, 0.2) is 5.96 Å². The second-order valence-corrected chi connectivity index (χ2v) is 7.21. The maximum Gasteiger partial charge on any atom is 0.511 e. The van der Waals surface area contributed by atoms with Gasteiger partial charge in [-0.2, -0.15) is 17.5 Å². The lowest BCUT2D eigenvalue weighted by atomic mass is 9.98. The van der Waals surface area contributed by atoms with Crippen LogP contribution in [0.25, 0.3) is 0 Å². The second-order valence-electron chi connectivity index (χ2n) is 5.28. The molecule has 0 aromatic carbocycles. The third-order valence-corrected chi connectivity index (χ3v) is 5.13. The Labute approximate surface area is 137 Å². The summed E-state index contributed by atoms with van der Waals surface area (Å²) in [7, 11) is -5.29. The summed E-state index contributed by atoms with van der Waals surface area (Å²) in [6, 6.07) is 0. The summed E-state index contributed by atoms with van der Waals surface area (Å²) in [4.78, 5) is 3.67. The Morgan fingerprint density at radius 3 is 2.29 bits per heavy atom. The number of aliphatic imine (C=N–C) groups is 1. The first-order valence-electron chi connectivity index (χ1n) is 7.44. The Bertz CT molecular complexity index is 516. The van der Waals surface area contributed by atoms with Crippen LogP contribution in [0.5, 0.6) is 0 Å². The lowest BCUT2D eigenvalue weighted by Crippen LogP contribution is -2.47. The van der Waals surface area contributed by atoms with Crippen molar-refractivity contribution in [1.82, 2.24) is 14.9 Å². The number of sulfonamides is 1. The van der Waals surface area contributed by atoms with Crippen molar-refractivity contribution in [3.05, 3.63) is 0 Å². The lowest BCUT2D eigenvalue weighted by molar-refractivity contribution is -0.0496. The van der Waals surface area contributed by atoms with Crippen LogP contribution in [-0.2, 0) is 10.0 Å². The summed E-state index contributed by atoms with van der Waals surface area (Å²) in [5.41, 5.74) is -5.29. The first-order valence-corrected chi connectivity index (χ1v) is 8.88. The highest BCUT2D eigenvalue weighted by Crippen LogP contribution is 2.30. The average Bonchev–Trinajstić information content (AvgIpc) is 2.49. The van der Waals surface area contributed by atoms with E-state index in [4.69, 9.17) is 0 Å². The van der Waals surface area contributed by atoms with E-state index in [0.29, 0.717) is 17.4 Å². The minimum atomic E-state index is -5.29. The largest absolute Gasteiger partial charge is 0.511 e. The molecular formula is C12H21F5N4O2S. The van der Waals surface area contributed by atoms with E-state index in [-0.39, 0.29) is 37.8 Å². The zero-order chi connectivity index (χ0) is 18.4. The molecule has 1 fully saturated rings. The van der Waals surface area contributed by atoms with Gasteiger partial charge in [-0.05, 0) is 25.7 Å². The van der Waals surface area contributed by atoms with Crippen LogP contribution >= 0.6 is 0 Å². The number of rotatable bonds is 6. The molecule has 1 aliphatic heterocycles. The molecule has 12 heteroatoms. The molecule has 142 valence electrons. The third-order valence-electron chi connectivity index (χ3n) is 3.50. The van der Waals surface area contributed by atoms with E-state index >= 15 is 0 Å². The molecule has 2 N–H and O–H groups in total. The first-order chi connectivity index (χ1) is 11.1. The highest BCUT2D eigenvalue weighted by atomic mass is 32.2. The van der Waals surface area contributed by atoms with Crippen molar-refractivity contribution in [2.45, 2.75) is 31.7 Å². The molecule has 1 aliphatic rings. The summed E-state index contributed by atoms with van der Waals surface area (Å²) in [5, 5.41) is 5.63. The molecule has 0 amide bonds. The summed E-state index contributed by atoms with van der Waals surface area (Å²) in [6.45, 7) is 1.45. The Morgan fingerprint density at radius 2 is 1.83 bits per heavy atom. The second kappa shape index (κ2) is 8.79. The van der Waals surface area contributed by atoms with E-state index in [2.05, 4.69) is 15.6 Å². The van der Waals surface area contributed by atoms with E-state index in [1.54, 1.807) is 6.92 Å². The number of hydrogen-bond acceptors (Lipinski definition) is 3. The fraction of sp³-hybridized carbons (Fsp3) is 0.917. The van der Waals surface area contributed by atoms with Crippen LogP contribution in [0.1, 0.15) is 19.8 Å². The van der Waals surface area contributed by atoms with Gasteiger partial charge < -0.3 is 10.6 Å². The normalized spacial score (nSPS) is 18.9. The van der Waals surface area contributed by atoms with Crippen molar-refractivity contribution in [2.24, 2.45) is 10.9 Å². The zero-order valence-corrected chi connectivity index (χ0v) is 13.9. The molecular weight excluding hydrogens is 359 g/mol. The van der Waals surface area contributed by atoms with Crippen LogP contribution in [0.3, 0.4) is 0 Å². The molecule has 1 heterocycles. The molecule has 0 bridgehead atoms. The highest BCUT2D eigenvalue weighted by molar-refractivity contribution is 7.90. The van der Waals surface area contributed by atoms with Gasteiger partial charge in [0.1, 0.15) is 6.54 Å². The zero-order valence-electron chi connectivity index (χ0n) is 13.1. The van der Waals surface area contributed by atoms with E-state index in [1.807, 2.05) is 0 Å². The number of guanidine groups is 1. The van der Waals surface area contributed by atoms with Crippen molar-refractivity contribution in [2.75, 3.05) is 32.7 Å². The molecule has 6 nitrogen and oxygen atoms in total. The van der Waals surface area contributed by atoms with E-state index in [1.165, 1.54) is 0 Å². The summed E-state index contributed by atoms with van der Waals surface area (Å²) < 4.78 is 84.8. The molecule has 0 atom stereocenters. The first kappa shape index (κ1) is 20.9.